The molecule has 0 saturated carbocycles. The van der Waals surface area contributed by atoms with Crippen LogP contribution in [-0.2, 0) is 0 Å². The fraction of sp³-hybridized carbons (Fsp3) is 0.0714. The van der Waals surface area contributed by atoms with Crippen LogP contribution in [0.15, 0.2) is 49.8 Å². The summed E-state index contributed by atoms with van der Waals surface area (Å²) in [4.78, 5) is 12.3. The first-order valence-electron chi connectivity index (χ1n) is 5.61. The van der Waals surface area contributed by atoms with E-state index in [1.165, 1.54) is 0 Å². The number of anilines is 1. The minimum absolute atomic E-state index is 0.192. The predicted octanol–water partition coefficient (Wildman–Crippen LogP) is 5.24. The van der Waals surface area contributed by atoms with E-state index in [-0.39, 0.29) is 5.91 Å². The third kappa shape index (κ3) is 3.62. The Balaban J connectivity index is 2.25. The number of hydrogen-bond acceptors (Lipinski definition) is 2. The summed E-state index contributed by atoms with van der Waals surface area (Å²) < 4.78 is 7.62. The summed E-state index contributed by atoms with van der Waals surface area (Å²) >= 11 is 10.1. The molecule has 6 heteroatoms. The summed E-state index contributed by atoms with van der Waals surface area (Å²) in [5.41, 5.74) is 1.23. The van der Waals surface area contributed by atoms with Gasteiger partial charge in [0.25, 0.3) is 5.91 Å². The number of nitrogens with one attached hydrogen (secondary N) is 1. The largest absolute Gasteiger partial charge is 0.495 e. The van der Waals surface area contributed by atoms with Crippen molar-refractivity contribution in [3.05, 3.63) is 55.4 Å². The van der Waals surface area contributed by atoms with Crippen LogP contribution in [0.1, 0.15) is 10.4 Å². The molecule has 0 aromatic heterocycles. The molecular weight excluding hydrogens is 454 g/mol. The molecule has 0 fully saturated rings. The van der Waals surface area contributed by atoms with Gasteiger partial charge in [0.1, 0.15) is 5.75 Å². The summed E-state index contributed by atoms with van der Waals surface area (Å²) in [7, 11) is 1.58. The maximum atomic E-state index is 12.3. The molecule has 0 atom stereocenters. The molecule has 2 rings (SSSR count). The lowest BCUT2D eigenvalue weighted by Crippen LogP contribution is -2.12. The first-order chi connectivity index (χ1) is 9.51. The molecule has 2 aromatic rings. The van der Waals surface area contributed by atoms with Crippen molar-refractivity contribution in [3.8, 4) is 5.75 Å². The Labute approximate surface area is 142 Å². The number of amides is 1. The van der Waals surface area contributed by atoms with Crippen LogP contribution < -0.4 is 10.1 Å². The van der Waals surface area contributed by atoms with Crippen LogP contribution in [0.5, 0.6) is 5.75 Å². The number of hydrogen-bond donors (Lipinski definition) is 1. The third-order valence-electron chi connectivity index (χ3n) is 2.58. The second-order valence-corrected chi connectivity index (χ2v) is 6.55. The monoisotopic (exact) mass is 461 g/mol. The van der Waals surface area contributed by atoms with Crippen molar-refractivity contribution in [1.29, 1.82) is 0 Å². The number of rotatable bonds is 3. The molecule has 104 valence electrons. The highest BCUT2D eigenvalue weighted by Crippen LogP contribution is 2.29. The number of halogens is 3. The van der Waals surface area contributed by atoms with Crippen LogP contribution in [0, 0.1) is 0 Å². The first kappa shape index (κ1) is 15.5. The molecule has 0 aliphatic carbocycles. The molecular formula is C14H10Br3NO2. The Hall–Kier alpha value is -0.850. The van der Waals surface area contributed by atoms with Crippen LogP contribution in [0.3, 0.4) is 0 Å². The first-order valence-corrected chi connectivity index (χ1v) is 7.99. The van der Waals surface area contributed by atoms with Crippen molar-refractivity contribution >= 4 is 59.4 Å². The van der Waals surface area contributed by atoms with E-state index in [2.05, 4.69) is 53.1 Å². The fourth-order valence-corrected chi connectivity index (χ4v) is 2.80. The van der Waals surface area contributed by atoms with Gasteiger partial charge in [-0.1, -0.05) is 15.9 Å². The molecule has 2 aromatic carbocycles. The van der Waals surface area contributed by atoms with Gasteiger partial charge in [0.2, 0.25) is 0 Å². The lowest BCUT2D eigenvalue weighted by Gasteiger charge is -2.10. The van der Waals surface area contributed by atoms with Gasteiger partial charge in [0.15, 0.2) is 0 Å². The average Bonchev–Trinajstić information content (AvgIpc) is 2.43. The normalized spacial score (nSPS) is 10.2. The van der Waals surface area contributed by atoms with E-state index in [4.69, 9.17) is 4.74 Å². The van der Waals surface area contributed by atoms with Crippen molar-refractivity contribution in [2.75, 3.05) is 12.4 Å². The lowest BCUT2D eigenvalue weighted by atomic mass is 10.2. The van der Waals surface area contributed by atoms with Crippen molar-refractivity contribution in [1.82, 2.24) is 0 Å². The van der Waals surface area contributed by atoms with E-state index >= 15 is 0 Å². The smallest absolute Gasteiger partial charge is 0.256 e. The van der Waals surface area contributed by atoms with Gasteiger partial charge in [-0.2, -0.15) is 0 Å². The molecule has 0 radical (unpaired) electrons. The molecule has 0 saturated heterocycles. The summed E-state index contributed by atoms with van der Waals surface area (Å²) in [6.07, 6.45) is 0. The number of carbonyl (C=O) groups excluding carboxylic acids is 1. The van der Waals surface area contributed by atoms with E-state index in [9.17, 15) is 4.79 Å². The summed E-state index contributed by atoms with van der Waals surface area (Å²) in [6.45, 7) is 0. The van der Waals surface area contributed by atoms with E-state index in [1.54, 1.807) is 25.3 Å². The van der Waals surface area contributed by atoms with Crippen LogP contribution in [0.4, 0.5) is 5.69 Å². The molecule has 0 spiro atoms. The SMILES string of the molecule is COc1cc(NC(=O)c2cc(Br)ccc2Br)ccc1Br. The zero-order valence-corrected chi connectivity index (χ0v) is 15.2. The molecule has 1 N–H and O–H groups in total. The Bertz CT molecular complexity index is 659. The van der Waals surface area contributed by atoms with Crippen LogP contribution in [-0.4, -0.2) is 13.0 Å². The number of carbonyl (C=O) groups is 1. The molecule has 20 heavy (non-hydrogen) atoms. The highest BCUT2D eigenvalue weighted by molar-refractivity contribution is 9.11. The van der Waals surface area contributed by atoms with Gasteiger partial charge < -0.3 is 10.1 Å². The highest BCUT2D eigenvalue weighted by atomic mass is 79.9. The molecule has 0 aliphatic rings. The molecule has 3 nitrogen and oxygen atoms in total. The van der Waals surface area contributed by atoms with Gasteiger partial charge in [-0.3, -0.25) is 4.79 Å². The Kier molecular flexibility index (Phi) is 5.23. The summed E-state index contributed by atoms with van der Waals surface area (Å²) in [6, 6.07) is 10.8. The van der Waals surface area contributed by atoms with Gasteiger partial charge in [0, 0.05) is 20.7 Å². The van der Waals surface area contributed by atoms with Crippen molar-refractivity contribution in [2.45, 2.75) is 0 Å². The van der Waals surface area contributed by atoms with Crippen molar-refractivity contribution < 1.29 is 9.53 Å². The van der Waals surface area contributed by atoms with E-state index < -0.39 is 0 Å². The predicted molar refractivity (Wildman–Crippen MR) is 90.5 cm³/mol. The minimum Gasteiger partial charge on any atom is -0.495 e. The van der Waals surface area contributed by atoms with Gasteiger partial charge in [-0.25, -0.2) is 0 Å². The van der Waals surface area contributed by atoms with Crippen molar-refractivity contribution in [3.63, 3.8) is 0 Å². The highest BCUT2D eigenvalue weighted by Gasteiger charge is 2.12. The second-order valence-electron chi connectivity index (χ2n) is 3.93. The molecule has 0 heterocycles. The zero-order chi connectivity index (χ0) is 14.7. The van der Waals surface area contributed by atoms with Gasteiger partial charge in [-0.15, -0.1) is 0 Å². The van der Waals surface area contributed by atoms with Crippen LogP contribution >= 0.6 is 47.8 Å². The Morgan fingerprint density at radius 2 is 1.75 bits per heavy atom. The summed E-state index contributed by atoms with van der Waals surface area (Å²) in [5.74, 6) is 0.471. The third-order valence-corrected chi connectivity index (χ3v) is 4.42. The topological polar surface area (TPSA) is 38.3 Å². The van der Waals surface area contributed by atoms with Gasteiger partial charge in [0.05, 0.1) is 17.1 Å². The number of benzene rings is 2. The van der Waals surface area contributed by atoms with E-state index in [1.807, 2.05) is 18.2 Å². The zero-order valence-electron chi connectivity index (χ0n) is 10.4. The Morgan fingerprint density at radius 1 is 1.05 bits per heavy atom. The fourth-order valence-electron chi connectivity index (χ4n) is 1.61. The molecule has 0 unspecified atom stereocenters. The van der Waals surface area contributed by atoms with E-state index in [0.717, 1.165) is 13.4 Å². The summed E-state index contributed by atoms with van der Waals surface area (Å²) in [5, 5.41) is 2.84. The standard InChI is InChI=1S/C14H10Br3NO2/c1-20-13-7-9(3-5-12(13)17)18-14(19)10-6-8(15)2-4-11(10)16/h2-7H,1H3,(H,18,19). The molecule has 1 amide bonds. The van der Waals surface area contributed by atoms with Gasteiger partial charge >= 0.3 is 0 Å². The maximum absolute atomic E-state index is 12.3. The molecule has 0 aliphatic heterocycles. The molecule has 0 bridgehead atoms. The van der Waals surface area contributed by atoms with Crippen molar-refractivity contribution in [2.24, 2.45) is 0 Å². The number of methoxy groups -OCH3 is 1. The van der Waals surface area contributed by atoms with Crippen LogP contribution in [0.2, 0.25) is 0 Å². The number of ether oxygens (including phenoxy) is 1. The quantitative estimate of drug-likeness (QED) is 0.676. The second kappa shape index (κ2) is 6.74. The minimum atomic E-state index is -0.192. The average molecular weight is 464 g/mol. The lowest BCUT2D eigenvalue weighted by molar-refractivity contribution is 0.102. The van der Waals surface area contributed by atoms with Gasteiger partial charge in [-0.05, 0) is 62.2 Å². The Morgan fingerprint density at radius 3 is 2.45 bits per heavy atom. The maximum Gasteiger partial charge on any atom is 0.256 e. The van der Waals surface area contributed by atoms with Crippen LogP contribution in [0.25, 0.3) is 0 Å². The van der Waals surface area contributed by atoms with E-state index in [0.29, 0.717) is 17.0 Å².